The van der Waals surface area contributed by atoms with Crippen LogP contribution in [0.5, 0.6) is 0 Å². The first-order chi connectivity index (χ1) is 9.29. The number of hydrogen-bond acceptors (Lipinski definition) is 4. The molecule has 0 atom stereocenters. The Labute approximate surface area is 122 Å². The Morgan fingerprint density at radius 1 is 1.15 bits per heavy atom. The van der Waals surface area contributed by atoms with Crippen LogP contribution in [0.4, 0.5) is 0 Å². The van der Waals surface area contributed by atoms with Gasteiger partial charge in [0.2, 0.25) is 0 Å². The topological polar surface area (TPSA) is 68.3 Å². The lowest BCUT2D eigenvalue weighted by Gasteiger charge is -2.12. The van der Waals surface area contributed by atoms with Crippen molar-refractivity contribution in [2.45, 2.75) is 24.2 Å². The maximum Gasteiger partial charge on any atom is 0.175 e. The van der Waals surface area contributed by atoms with E-state index in [1.165, 1.54) is 24.3 Å². The first kappa shape index (κ1) is 14.9. The fourth-order valence-corrected chi connectivity index (χ4v) is 2.95. The molecular formula is C14H13ClO4S. The van der Waals surface area contributed by atoms with Gasteiger partial charge in [-0.05, 0) is 30.2 Å². The molecule has 2 rings (SSSR count). The summed E-state index contributed by atoms with van der Waals surface area (Å²) in [5, 5.41) is 0.201. The number of Topliss-reactive ketones (excluding diaryl/α,β-unsaturated/α-hetero) is 2. The van der Waals surface area contributed by atoms with Crippen molar-refractivity contribution in [3.05, 3.63) is 34.4 Å². The summed E-state index contributed by atoms with van der Waals surface area (Å²) >= 11 is 6.02. The number of ketones is 2. The van der Waals surface area contributed by atoms with Crippen LogP contribution in [0.1, 0.15) is 24.8 Å². The third kappa shape index (κ3) is 3.16. The highest BCUT2D eigenvalue weighted by atomic mass is 35.5. The molecule has 1 aliphatic carbocycles. The summed E-state index contributed by atoms with van der Waals surface area (Å²) in [4.78, 5) is 23.5. The molecule has 20 heavy (non-hydrogen) atoms. The molecule has 1 aliphatic rings. The molecule has 0 unspecified atom stereocenters. The Morgan fingerprint density at radius 3 is 2.25 bits per heavy atom. The monoisotopic (exact) mass is 312 g/mol. The Balaban J connectivity index is 2.44. The maximum atomic E-state index is 11.7. The molecule has 0 N–H and O–H groups in total. The number of rotatable bonds is 2. The van der Waals surface area contributed by atoms with Gasteiger partial charge in [-0.3, -0.25) is 9.59 Å². The summed E-state index contributed by atoms with van der Waals surface area (Å²) in [5.74, 6) is -0.381. The van der Waals surface area contributed by atoms with Gasteiger partial charge in [0, 0.05) is 24.1 Å². The zero-order valence-corrected chi connectivity index (χ0v) is 12.4. The van der Waals surface area contributed by atoms with Gasteiger partial charge in [0.15, 0.2) is 21.4 Å². The van der Waals surface area contributed by atoms with E-state index in [9.17, 15) is 18.0 Å². The van der Waals surface area contributed by atoms with Crippen molar-refractivity contribution >= 4 is 39.1 Å². The predicted octanol–water partition coefficient (Wildman–Crippen LogP) is 2.45. The van der Waals surface area contributed by atoms with Crippen molar-refractivity contribution in [2.24, 2.45) is 0 Å². The molecule has 1 aromatic rings. The molecule has 0 radical (unpaired) electrons. The normalized spacial score (nSPS) is 16.4. The highest BCUT2D eigenvalue weighted by molar-refractivity contribution is 7.90. The minimum Gasteiger partial charge on any atom is -0.294 e. The molecule has 0 amide bonds. The molecular weight excluding hydrogens is 300 g/mol. The molecule has 4 nitrogen and oxygen atoms in total. The maximum absolute atomic E-state index is 11.7. The van der Waals surface area contributed by atoms with Crippen LogP contribution in [0.25, 0.3) is 6.08 Å². The van der Waals surface area contributed by atoms with Gasteiger partial charge in [-0.25, -0.2) is 8.42 Å². The quantitative estimate of drug-likeness (QED) is 0.621. The number of allylic oxidation sites excluding steroid dienone is 1. The predicted molar refractivity (Wildman–Crippen MR) is 76.4 cm³/mol. The first-order valence-corrected chi connectivity index (χ1v) is 8.33. The van der Waals surface area contributed by atoms with Crippen LogP contribution >= 0.6 is 11.6 Å². The second kappa shape index (κ2) is 5.50. The number of hydrogen-bond donors (Lipinski definition) is 0. The molecule has 1 aromatic carbocycles. The Hall–Kier alpha value is -1.46. The number of carbonyl (C=O) groups is 2. The molecule has 0 spiro atoms. The second-order valence-electron chi connectivity index (χ2n) is 4.71. The van der Waals surface area contributed by atoms with Crippen LogP contribution in [0.3, 0.4) is 0 Å². The van der Waals surface area contributed by atoms with Crippen LogP contribution in [0.15, 0.2) is 28.7 Å². The highest BCUT2D eigenvalue weighted by Gasteiger charge is 2.23. The Morgan fingerprint density at radius 2 is 1.75 bits per heavy atom. The van der Waals surface area contributed by atoms with E-state index in [1.807, 2.05) is 0 Å². The molecule has 0 bridgehead atoms. The lowest BCUT2D eigenvalue weighted by atomic mass is 9.91. The molecule has 1 fully saturated rings. The van der Waals surface area contributed by atoms with Gasteiger partial charge in [0.25, 0.3) is 0 Å². The third-order valence-corrected chi connectivity index (χ3v) is 4.55. The van der Waals surface area contributed by atoms with Crippen molar-refractivity contribution in [3.8, 4) is 0 Å². The van der Waals surface area contributed by atoms with Gasteiger partial charge in [0.05, 0.1) is 10.5 Å². The molecule has 0 aliphatic heterocycles. The summed E-state index contributed by atoms with van der Waals surface area (Å²) in [6.07, 6.45) is 3.83. The van der Waals surface area contributed by atoms with Crippen molar-refractivity contribution in [2.75, 3.05) is 6.26 Å². The van der Waals surface area contributed by atoms with E-state index in [2.05, 4.69) is 0 Å². The largest absolute Gasteiger partial charge is 0.294 e. The van der Waals surface area contributed by atoms with Crippen molar-refractivity contribution in [1.29, 1.82) is 0 Å². The van der Waals surface area contributed by atoms with E-state index in [0.29, 0.717) is 24.8 Å². The van der Waals surface area contributed by atoms with Crippen molar-refractivity contribution < 1.29 is 18.0 Å². The number of sulfone groups is 1. The van der Waals surface area contributed by atoms with Gasteiger partial charge in [-0.15, -0.1) is 0 Å². The highest BCUT2D eigenvalue weighted by Crippen LogP contribution is 2.25. The van der Waals surface area contributed by atoms with Gasteiger partial charge < -0.3 is 0 Å². The Bertz CT molecular complexity index is 699. The minimum absolute atomic E-state index is 0.103. The third-order valence-electron chi connectivity index (χ3n) is 3.11. The fourth-order valence-electron chi connectivity index (χ4n) is 2.01. The van der Waals surface area contributed by atoms with Crippen LogP contribution in [0.2, 0.25) is 5.02 Å². The van der Waals surface area contributed by atoms with Crippen LogP contribution in [0, 0.1) is 0 Å². The summed E-state index contributed by atoms with van der Waals surface area (Å²) in [7, 11) is -3.34. The lowest BCUT2D eigenvalue weighted by molar-refractivity contribution is -0.123. The second-order valence-corrected chi connectivity index (χ2v) is 7.14. The van der Waals surface area contributed by atoms with Gasteiger partial charge in [-0.2, -0.15) is 0 Å². The van der Waals surface area contributed by atoms with Crippen molar-refractivity contribution in [3.63, 3.8) is 0 Å². The molecule has 0 saturated heterocycles. The van der Waals surface area contributed by atoms with E-state index in [0.717, 1.165) is 6.26 Å². The number of halogens is 1. The van der Waals surface area contributed by atoms with Gasteiger partial charge in [0.1, 0.15) is 0 Å². The molecule has 0 aromatic heterocycles. The number of benzene rings is 1. The van der Waals surface area contributed by atoms with Crippen LogP contribution in [-0.4, -0.2) is 26.2 Å². The molecule has 0 heterocycles. The average Bonchev–Trinajstić information content (AvgIpc) is 2.34. The lowest BCUT2D eigenvalue weighted by Crippen LogP contribution is -2.18. The minimum atomic E-state index is -3.34. The van der Waals surface area contributed by atoms with Crippen LogP contribution in [-0.2, 0) is 19.4 Å². The standard InChI is InChI=1S/C14H13ClO4S/c1-20(18,19)10-6-5-9(12(15)8-10)7-11-13(16)3-2-4-14(11)17/h5-8H,2-4H2,1H3. The molecule has 106 valence electrons. The summed E-state index contributed by atoms with van der Waals surface area (Å²) < 4.78 is 22.8. The zero-order valence-electron chi connectivity index (χ0n) is 10.8. The number of carbonyl (C=O) groups excluding carboxylic acids is 2. The summed E-state index contributed by atoms with van der Waals surface area (Å²) in [6.45, 7) is 0. The SMILES string of the molecule is CS(=O)(=O)c1ccc(C=C2C(=O)CCCC2=O)c(Cl)c1. The summed E-state index contributed by atoms with van der Waals surface area (Å²) in [5.41, 5.74) is 0.614. The van der Waals surface area contributed by atoms with Crippen LogP contribution < -0.4 is 0 Å². The van der Waals surface area contributed by atoms with E-state index in [4.69, 9.17) is 11.6 Å². The zero-order chi connectivity index (χ0) is 14.9. The van der Waals surface area contributed by atoms with Crippen molar-refractivity contribution in [1.82, 2.24) is 0 Å². The van der Waals surface area contributed by atoms with E-state index < -0.39 is 9.84 Å². The van der Waals surface area contributed by atoms with E-state index in [-0.39, 0.29) is 27.1 Å². The van der Waals surface area contributed by atoms with Gasteiger partial charge >= 0.3 is 0 Å². The first-order valence-electron chi connectivity index (χ1n) is 6.07. The Kier molecular flexibility index (Phi) is 4.11. The molecule has 1 saturated carbocycles. The average molecular weight is 313 g/mol. The molecule has 6 heteroatoms. The van der Waals surface area contributed by atoms with E-state index >= 15 is 0 Å². The van der Waals surface area contributed by atoms with E-state index in [1.54, 1.807) is 0 Å². The fraction of sp³-hybridized carbons (Fsp3) is 0.286. The smallest absolute Gasteiger partial charge is 0.175 e. The summed E-state index contributed by atoms with van der Waals surface area (Å²) in [6, 6.07) is 4.23. The van der Waals surface area contributed by atoms with Gasteiger partial charge in [-0.1, -0.05) is 17.7 Å².